The summed E-state index contributed by atoms with van der Waals surface area (Å²) >= 11 is 0. The summed E-state index contributed by atoms with van der Waals surface area (Å²) in [5.41, 5.74) is 0.883. The lowest BCUT2D eigenvalue weighted by Gasteiger charge is -2.28. The van der Waals surface area contributed by atoms with E-state index in [4.69, 9.17) is 5.11 Å². The van der Waals surface area contributed by atoms with E-state index < -0.39 is 16.8 Å². The Morgan fingerprint density at radius 2 is 2.12 bits per heavy atom. The summed E-state index contributed by atoms with van der Waals surface area (Å²) in [4.78, 5) is 16.6. The van der Waals surface area contributed by atoms with E-state index in [1.807, 2.05) is 4.90 Å². The summed E-state index contributed by atoms with van der Waals surface area (Å²) in [6.45, 7) is 1.41. The van der Waals surface area contributed by atoms with Gasteiger partial charge < -0.3 is 10.0 Å². The Balaban J connectivity index is 2.17. The van der Waals surface area contributed by atoms with Crippen LogP contribution in [0.2, 0.25) is 0 Å². The highest BCUT2D eigenvalue weighted by atomic mass is 32.2. The molecule has 0 amide bonds. The first-order valence-electron chi connectivity index (χ1n) is 4.96. The van der Waals surface area contributed by atoms with Crippen molar-refractivity contribution in [3.63, 3.8) is 0 Å². The van der Waals surface area contributed by atoms with Gasteiger partial charge in [-0.05, 0) is 12.1 Å². The fraction of sp³-hybridized carbons (Fsp3) is 0.400. The van der Waals surface area contributed by atoms with Crippen molar-refractivity contribution in [2.45, 2.75) is 0 Å². The average Bonchev–Trinajstić information content (AvgIpc) is 2.30. The lowest BCUT2D eigenvalue weighted by molar-refractivity contribution is 0.0690. The monoisotopic (exact) mass is 240 g/mol. The van der Waals surface area contributed by atoms with Gasteiger partial charge in [0.2, 0.25) is 0 Å². The zero-order valence-electron chi connectivity index (χ0n) is 8.63. The van der Waals surface area contributed by atoms with Crippen LogP contribution in [0.25, 0.3) is 0 Å². The quantitative estimate of drug-likeness (QED) is 0.807. The van der Waals surface area contributed by atoms with Crippen molar-refractivity contribution in [1.82, 2.24) is 4.98 Å². The van der Waals surface area contributed by atoms with E-state index in [9.17, 15) is 9.00 Å². The SMILES string of the molecule is O=C(O)c1cc(N2CCS(=O)CC2)ccn1. The molecule has 6 heteroatoms. The van der Waals surface area contributed by atoms with E-state index in [2.05, 4.69) is 4.98 Å². The molecule has 1 fully saturated rings. The van der Waals surface area contributed by atoms with Crippen molar-refractivity contribution >= 4 is 22.5 Å². The summed E-state index contributed by atoms with van der Waals surface area (Å²) in [5.74, 6) is 0.262. The third kappa shape index (κ3) is 2.38. The molecule has 1 aromatic rings. The topological polar surface area (TPSA) is 70.5 Å². The lowest BCUT2D eigenvalue weighted by Crippen LogP contribution is -2.37. The van der Waals surface area contributed by atoms with E-state index in [0.29, 0.717) is 24.6 Å². The molecule has 1 aromatic heterocycles. The molecule has 0 bridgehead atoms. The average molecular weight is 240 g/mol. The van der Waals surface area contributed by atoms with Crippen LogP contribution in [0.5, 0.6) is 0 Å². The Bertz CT molecular complexity index is 426. The molecule has 1 aliphatic rings. The molecule has 0 unspecified atom stereocenters. The van der Waals surface area contributed by atoms with E-state index in [1.54, 1.807) is 12.1 Å². The number of aromatic nitrogens is 1. The number of nitrogens with zero attached hydrogens (tertiary/aromatic N) is 2. The summed E-state index contributed by atoms with van der Waals surface area (Å²) in [6.07, 6.45) is 1.49. The number of carboxylic acids is 1. The second kappa shape index (κ2) is 4.61. The van der Waals surface area contributed by atoms with E-state index in [1.165, 1.54) is 6.20 Å². The van der Waals surface area contributed by atoms with Crippen LogP contribution in [-0.2, 0) is 10.8 Å². The Labute approximate surface area is 95.6 Å². The van der Waals surface area contributed by atoms with Crippen molar-refractivity contribution < 1.29 is 14.1 Å². The predicted molar refractivity (Wildman–Crippen MR) is 61.3 cm³/mol. The molecule has 2 rings (SSSR count). The van der Waals surface area contributed by atoms with E-state index >= 15 is 0 Å². The normalized spacial score (nSPS) is 17.4. The van der Waals surface area contributed by atoms with Crippen LogP contribution >= 0.6 is 0 Å². The number of rotatable bonds is 2. The van der Waals surface area contributed by atoms with E-state index in [0.717, 1.165) is 5.69 Å². The van der Waals surface area contributed by atoms with Gasteiger partial charge in [0.15, 0.2) is 0 Å². The zero-order valence-corrected chi connectivity index (χ0v) is 9.44. The summed E-state index contributed by atoms with van der Waals surface area (Å²) in [6, 6.07) is 3.33. The molecule has 86 valence electrons. The molecule has 0 spiro atoms. The van der Waals surface area contributed by atoms with Crippen molar-refractivity contribution in [3.05, 3.63) is 24.0 Å². The molecule has 0 aliphatic carbocycles. The van der Waals surface area contributed by atoms with Crippen LogP contribution in [0.3, 0.4) is 0 Å². The fourth-order valence-corrected chi connectivity index (χ4v) is 2.68. The molecule has 5 nitrogen and oxygen atoms in total. The highest BCUT2D eigenvalue weighted by molar-refractivity contribution is 7.85. The van der Waals surface area contributed by atoms with Gasteiger partial charge in [-0.1, -0.05) is 0 Å². The molecule has 0 aromatic carbocycles. The van der Waals surface area contributed by atoms with Crippen molar-refractivity contribution in [2.75, 3.05) is 29.5 Å². The summed E-state index contributed by atoms with van der Waals surface area (Å²) in [7, 11) is -0.722. The number of pyridine rings is 1. The molecule has 0 atom stereocenters. The van der Waals surface area contributed by atoms with Gasteiger partial charge in [-0.25, -0.2) is 9.78 Å². The minimum absolute atomic E-state index is 0.0456. The van der Waals surface area contributed by atoms with Gasteiger partial charge in [0, 0.05) is 47.3 Å². The van der Waals surface area contributed by atoms with Crippen LogP contribution in [-0.4, -0.2) is 44.9 Å². The van der Waals surface area contributed by atoms with Gasteiger partial charge in [0.05, 0.1) is 0 Å². The maximum Gasteiger partial charge on any atom is 0.354 e. The number of aromatic carboxylic acids is 1. The van der Waals surface area contributed by atoms with Gasteiger partial charge >= 0.3 is 5.97 Å². The molecule has 1 saturated heterocycles. The lowest BCUT2D eigenvalue weighted by atomic mass is 10.3. The molecule has 0 saturated carbocycles. The molecule has 1 aliphatic heterocycles. The number of carboxylic acid groups (broad SMARTS) is 1. The van der Waals surface area contributed by atoms with Crippen LogP contribution in [0.1, 0.15) is 10.5 Å². The molecular formula is C10H12N2O3S. The van der Waals surface area contributed by atoms with Gasteiger partial charge in [-0.3, -0.25) is 4.21 Å². The Kier molecular flexibility index (Phi) is 3.19. The van der Waals surface area contributed by atoms with Gasteiger partial charge in [0.25, 0.3) is 0 Å². The van der Waals surface area contributed by atoms with E-state index in [-0.39, 0.29) is 5.69 Å². The maximum atomic E-state index is 11.2. The highest BCUT2D eigenvalue weighted by Gasteiger charge is 2.16. The molecule has 0 radical (unpaired) electrons. The third-order valence-electron chi connectivity index (χ3n) is 2.51. The van der Waals surface area contributed by atoms with Crippen LogP contribution in [0.4, 0.5) is 5.69 Å². The molecule has 2 heterocycles. The van der Waals surface area contributed by atoms with Crippen LogP contribution in [0.15, 0.2) is 18.3 Å². The van der Waals surface area contributed by atoms with Crippen molar-refractivity contribution in [3.8, 4) is 0 Å². The second-order valence-electron chi connectivity index (χ2n) is 3.54. The fourth-order valence-electron chi connectivity index (χ4n) is 1.63. The Morgan fingerprint density at radius 1 is 1.44 bits per heavy atom. The maximum absolute atomic E-state index is 11.2. The summed E-state index contributed by atoms with van der Waals surface area (Å²) < 4.78 is 11.2. The van der Waals surface area contributed by atoms with Gasteiger partial charge in [0.1, 0.15) is 5.69 Å². The molecule has 1 N–H and O–H groups in total. The Morgan fingerprint density at radius 3 is 2.75 bits per heavy atom. The minimum Gasteiger partial charge on any atom is -0.477 e. The zero-order chi connectivity index (χ0) is 11.5. The first-order valence-corrected chi connectivity index (χ1v) is 6.45. The van der Waals surface area contributed by atoms with Gasteiger partial charge in [-0.15, -0.1) is 0 Å². The number of carbonyl (C=O) groups is 1. The minimum atomic E-state index is -1.03. The van der Waals surface area contributed by atoms with Crippen LogP contribution < -0.4 is 4.90 Å². The van der Waals surface area contributed by atoms with Crippen LogP contribution in [0, 0.1) is 0 Å². The highest BCUT2D eigenvalue weighted by Crippen LogP contribution is 2.16. The first-order chi connectivity index (χ1) is 7.66. The standard InChI is InChI=1S/C10H12N2O3S/c13-10(14)9-7-8(1-2-11-9)12-3-5-16(15)6-4-12/h1-2,7H,3-6H2,(H,13,14). The van der Waals surface area contributed by atoms with Crippen molar-refractivity contribution in [2.24, 2.45) is 0 Å². The smallest absolute Gasteiger partial charge is 0.354 e. The van der Waals surface area contributed by atoms with Crippen molar-refractivity contribution in [1.29, 1.82) is 0 Å². The number of hydrogen-bond acceptors (Lipinski definition) is 4. The predicted octanol–water partition coefficient (Wildman–Crippen LogP) is 0.349. The number of anilines is 1. The molecular weight excluding hydrogens is 228 g/mol. The summed E-state index contributed by atoms with van der Waals surface area (Å²) in [5, 5.41) is 8.82. The second-order valence-corrected chi connectivity index (χ2v) is 5.24. The third-order valence-corrected chi connectivity index (χ3v) is 3.78. The molecule has 16 heavy (non-hydrogen) atoms. The number of hydrogen-bond donors (Lipinski definition) is 1. The van der Waals surface area contributed by atoms with Gasteiger partial charge in [-0.2, -0.15) is 0 Å². The first kappa shape index (κ1) is 11.1. The Hall–Kier alpha value is -1.43. The largest absolute Gasteiger partial charge is 0.477 e.